The van der Waals surface area contributed by atoms with Crippen LogP contribution in [0, 0.1) is 0 Å². The maximum Gasteiger partial charge on any atom is 0.197 e. The SMILES string of the molecule is c1ccc(-c2cn3nccc3nc2-c2ccc(CN3CCC(c4nc(-c5ccc[nH]5)n[nH]4)CC3)cc2)cc1. The summed E-state index contributed by atoms with van der Waals surface area (Å²) in [4.78, 5) is 15.4. The van der Waals surface area contributed by atoms with Crippen LogP contribution in [0.4, 0.5) is 0 Å². The molecule has 8 nitrogen and oxygen atoms in total. The summed E-state index contributed by atoms with van der Waals surface area (Å²) in [6, 6.07) is 25.1. The minimum atomic E-state index is 0.422. The maximum absolute atomic E-state index is 4.96. The number of piperidine rings is 1. The number of benzene rings is 2. The van der Waals surface area contributed by atoms with E-state index in [2.05, 4.69) is 79.9 Å². The molecule has 0 saturated carbocycles. The number of hydrogen-bond donors (Lipinski definition) is 2. The van der Waals surface area contributed by atoms with Gasteiger partial charge in [-0.1, -0.05) is 54.6 Å². The van der Waals surface area contributed by atoms with Crippen molar-refractivity contribution in [3.63, 3.8) is 0 Å². The number of H-pyrrole nitrogens is 2. The molecule has 188 valence electrons. The third-order valence-corrected chi connectivity index (χ3v) is 7.42. The third-order valence-electron chi connectivity index (χ3n) is 7.42. The Morgan fingerprint density at radius 2 is 1.68 bits per heavy atom. The molecule has 1 saturated heterocycles. The Kier molecular flexibility index (Phi) is 5.79. The van der Waals surface area contributed by atoms with Crippen LogP contribution in [-0.2, 0) is 6.54 Å². The molecule has 1 aliphatic heterocycles. The fourth-order valence-electron chi connectivity index (χ4n) is 5.34. The van der Waals surface area contributed by atoms with Crippen LogP contribution in [0.25, 0.3) is 39.5 Å². The Balaban J connectivity index is 1.04. The topological polar surface area (TPSA) is 90.8 Å². The summed E-state index contributed by atoms with van der Waals surface area (Å²) in [7, 11) is 0. The summed E-state index contributed by atoms with van der Waals surface area (Å²) in [6.07, 6.45) is 7.91. The quantitative estimate of drug-likeness (QED) is 0.313. The van der Waals surface area contributed by atoms with E-state index >= 15 is 0 Å². The van der Waals surface area contributed by atoms with Gasteiger partial charge in [-0.15, -0.1) is 0 Å². The van der Waals surface area contributed by atoms with E-state index in [0.29, 0.717) is 5.92 Å². The molecule has 2 aromatic carbocycles. The molecule has 1 fully saturated rings. The van der Waals surface area contributed by atoms with E-state index in [9.17, 15) is 0 Å². The van der Waals surface area contributed by atoms with Gasteiger partial charge in [0.05, 0.1) is 17.6 Å². The molecule has 6 aromatic rings. The predicted molar refractivity (Wildman–Crippen MR) is 147 cm³/mol. The lowest BCUT2D eigenvalue weighted by atomic mass is 9.95. The number of likely N-dealkylation sites (tertiary alicyclic amines) is 1. The molecule has 0 amide bonds. The van der Waals surface area contributed by atoms with Crippen molar-refractivity contribution < 1.29 is 0 Å². The number of hydrogen-bond acceptors (Lipinski definition) is 5. The molecule has 0 atom stereocenters. The first-order valence-electron chi connectivity index (χ1n) is 13.1. The average Bonchev–Trinajstić information content (AvgIpc) is 3.76. The van der Waals surface area contributed by atoms with E-state index in [4.69, 9.17) is 9.97 Å². The van der Waals surface area contributed by atoms with Crippen molar-refractivity contribution in [3.8, 4) is 33.9 Å². The number of aromatic nitrogens is 7. The summed E-state index contributed by atoms with van der Waals surface area (Å²) in [5.74, 6) is 2.16. The lowest BCUT2D eigenvalue weighted by molar-refractivity contribution is 0.202. The lowest BCUT2D eigenvalue weighted by Gasteiger charge is -2.31. The van der Waals surface area contributed by atoms with Crippen LogP contribution in [0.2, 0.25) is 0 Å². The maximum atomic E-state index is 4.96. The molecule has 7 rings (SSSR count). The molecule has 0 spiro atoms. The van der Waals surface area contributed by atoms with Gasteiger partial charge in [-0.2, -0.15) is 10.2 Å². The molecule has 8 heteroatoms. The number of rotatable bonds is 6. The molecule has 38 heavy (non-hydrogen) atoms. The van der Waals surface area contributed by atoms with E-state index in [1.54, 1.807) is 6.20 Å². The standard InChI is InChI=1S/C30H28N8/c1-2-5-22(6-3-1)25-20-38-27(12-16-32-38)33-28(25)23-10-8-21(9-11-23)19-37-17-13-24(14-18-37)29-34-30(36-35-29)26-7-4-15-31-26/h1-12,15-16,20,24,31H,13-14,17-19H2,(H,34,35,36). The summed E-state index contributed by atoms with van der Waals surface area (Å²) >= 11 is 0. The zero-order valence-corrected chi connectivity index (χ0v) is 21.0. The normalized spacial score (nSPS) is 14.8. The van der Waals surface area contributed by atoms with Gasteiger partial charge in [0.15, 0.2) is 11.5 Å². The highest BCUT2D eigenvalue weighted by atomic mass is 15.2. The fraction of sp³-hybridized carbons (Fsp3) is 0.200. The first-order chi connectivity index (χ1) is 18.8. The predicted octanol–water partition coefficient (Wildman–Crippen LogP) is 5.56. The molecule has 0 radical (unpaired) electrons. The Morgan fingerprint density at radius 1 is 0.842 bits per heavy atom. The van der Waals surface area contributed by atoms with E-state index < -0.39 is 0 Å². The van der Waals surface area contributed by atoms with Gasteiger partial charge in [-0.05, 0) is 49.2 Å². The molecule has 1 aliphatic rings. The zero-order chi connectivity index (χ0) is 25.3. The van der Waals surface area contributed by atoms with Crippen molar-refractivity contribution in [2.45, 2.75) is 25.3 Å². The molecule has 0 unspecified atom stereocenters. The highest BCUT2D eigenvalue weighted by Crippen LogP contribution is 2.32. The molecular formula is C30H28N8. The highest BCUT2D eigenvalue weighted by Gasteiger charge is 2.24. The smallest absolute Gasteiger partial charge is 0.197 e. The lowest BCUT2D eigenvalue weighted by Crippen LogP contribution is -2.32. The first-order valence-corrected chi connectivity index (χ1v) is 13.1. The van der Waals surface area contributed by atoms with Gasteiger partial charge in [-0.25, -0.2) is 14.5 Å². The largest absolute Gasteiger partial charge is 0.359 e. The highest BCUT2D eigenvalue weighted by molar-refractivity contribution is 5.81. The van der Waals surface area contributed by atoms with Crippen molar-refractivity contribution in [3.05, 3.63) is 103 Å². The van der Waals surface area contributed by atoms with Crippen LogP contribution in [0.3, 0.4) is 0 Å². The number of nitrogens with zero attached hydrogens (tertiary/aromatic N) is 6. The van der Waals surface area contributed by atoms with Crippen molar-refractivity contribution >= 4 is 5.65 Å². The summed E-state index contributed by atoms with van der Waals surface area (Å²) in [5, 5.41) is 12.0. The van der Waals surface area contributed by atoms with Gasteiger partial charge in [0.25, 0.3) is 0 Å². The van der Waals surface area contributed by atoms with Gasteiger partial charge in [-0.3, -0.25) is 10.00 Å². The first kappa shape index (κ1) is 22.6. The Labute approximate surface area is 220 Å². The van der Waals surface area contributed by atoms with Crippen LogP contribution in [0.1, 0.15) is 30.1 Å². The molecule has 5 heterocycles. The monoisotopic (exact) mass is 500 g/mol. The molecule has 2 N–H and O–H groups in total. The Morgan fingerprint density at radius 3 is 2.47 bits per heavy atom. The van der Waals surface area contributed by atoms with Gasteiger partial charge < -0.3 is 4.98 Å². The fourth-order valence-corrected chi connectivity index (χ4v) is 5.34. The molecule has 4 aromatic heterocycles. The van der Waals surface area contributed by atoms with E-state index in [0.717, 1.165) is 77.9 Å². The molecule has 0 aliphatic carbocycles. The minimum Gasteiger partial charge on any atom is -0.359 e. The number of nitrogens with one attached hydrogen (secondary N) is 2. The molecular weight excluding hydrogens is 472 g/mol. The van der Waals surface area contributed by atoms with Crippen molar-refractivity contribution in [1.82, 2.24) is 39.7 Å². The van der Waals surface area contributed by atoms with Gasteiger partial charge in [0.2, 0.25) is 0 Å². The number of aromatic amines is 2. The van der Waals surface area contributed by atoms with Crippen molar-refractivity contribution in [2.24, 2.45) is 0 Å². The van der Waals surface area contributed by atoms with Crippen LogP contribution < -0.4 is 0 Å². The zero-order valence-electron chi connectivity index (χ0n) is 21.0. The van der Waals surface area contributed by atoms with Gasteiger partial charge in [0.1, 0.15) is 5.82 Å². The van der Waals surface area contributed by atoms with Crippen molar-refractivity contribution in [2.75, 3.05) is 13.1 Å². The summed E-state index contributed by atoms with van der Waals surface area (Å²) in [6.45, 7) is 3.03. The van der Waals surface area contributed by atoms with E-state index in [-0.39, 0.29) is 0 Å². The second-order valence-corrected chi connectivity index (χ2v) is 9.88. The number of fused-ring (bicyclic) bond motifs is 1. The summed E-state index contributed by atoms with van der Waals surface area (Å²) < 4.78 is 1.84. The van der Waals surface area contributed by atoms with Crippen LogP contribution in [0.15, 0.2) is 91.4 Å². The Bertz CT molecular complexity index is 1640. The Hall–Kier alpha value is -4.56. The van der Waals surface area contributed by atoms with Gasteiger partial charge in [0, 0.05) is 42.0 Å². The van der Waals surface area contributed by atoms with E-state index in [1.807, 2.05) is 35.0 Å². The van der Waals surface area contributed by atoms with Crippen molar-refractivity contribution in [1.29, 1.82) is 0 Å². The third kappa shape index (κ3) is 4.39. The second kappa shape index (κ2) is 9.72. The van der Waals surface area contributed by atoms with Gasteiger partial charge >= 0.3 is 0 Å². The van der Waals surface area contributed by atoms with Crippen LogP contribution in [0.5, 0.6) is 0 Å². The summed E-state index contributed by atoms with van der Waals surface area (Å²) in [5.41, 5.74) is 7.39. The molecule has 0 bridgehead atoms. The van der Waals surface area contributed by atoms with Crippen LogP contribution >= 0.6 is 0 Å². The van der Waals surface area contributed by atoms with E-state index in [1.165, 1.54) is 5.56 Å². The average molecular weight is 501 g/mol. The minimum absolute atomic E-state index is 0.422. The van der Waals surface area contributed by atoms with Crippen LogP contribution in [-0.4, -0.2) is 52.8 Å². The second-order valence-electron chi connectivity index (χ2n) is 9.88.